The van der Waals surface area contributed by atoms with Crippen molar-refractivity contribution < 1.29 is 18.7 Å². The number of benzene rings is 3. The summed E-state index contributed by atoms with van der Waals surface area (Å²) in [5.74, 6) is -0.907. The van der Waals surface area contributed by atoms with Crippen molar-refractivity contribution in [2.45, 2.75) is 18.2 Å². The van der Waals surface area contributed by atoms with E-state index in [9.17, 15) is 14.0 Å². The number of aromatic nitrogens is 3. The minimum atomic E-state index is -1.02. The Morgan fingerprint density at radius 2 is 1.62 bits per heavy atom. The maximum Gasteiger partial charge on any atom is 0.317 e. The predicted octanol–water partition coefficient (Wildman–Crippen LogP) is 4.74. The molecule has 0 aliphatic carbocycles. The van der Waals surface area contributed by atoms with Crippen molar-refractivity contribution in [2.75, 3.05) is 11.1 Å². The highest BCUT2D eigenvalue weighted by Gasteiger charge is 2.21. The van der Waals surface area contributed by atoms with E-state index in [-0.39, 0.29) is 5.75 Å². The molecule has 0 bridgehead atoms. The van der Waals surface area contributed by atoms with E-state index in [4.69, 9.17) is 4.74 Å². The van der Waals surface area contributed by atoms with Gasteiger partial charge in [-0.25, -0.2) is 4.39 Å². The SMILES string of the molecule is CC(OC(=O)CSc1nnc(-c2ccccc2)n1-c1ccccc1)C(=O)Nc1ccc(F)cc1. The maximum absolute atomic E-state index is 13.0. The topological polar surface area (TPSA) is 86.1 Å². The molecule has 0 saturated carbocycles. The monoisotopic (exact) mass is 476 g/mol. The number of hydrogen-bond acceptors (Lipinski definition) is 6. The summed E-state index contributed by atoms with van der Waals surface area (Å²) >= 11 is 1.17. The van der Waals surface area contributed by atoms with Crippen LogP contribution in [0.1, 0.15) is 6.92 Å². The summed E-state index contributed by atoms with van der Waals surface area (Å²) in [6.07, 6.45) is -1.02. The zero-order valence-electron chi connectivity index (χ0n) is 18.2. The van der Waals surface area contributed by atoms with E-state index in [1.165, 1.54) is 43.0 Å². The van der Waals surface area contributed by atoms with Crippen LogP contribution in [-0.4, -0.2) is 38.5 Å². The van der Waals surface area contributed by atoms with E-state index in [1.807, 2.05) is 65.2 Å². The van der Waals surface area contributed by atoms with Gasteiger partial charge in [0, 0.05) is 16.9 Å². The largest absolute Gasteiger partial charge is 0.452 e. The van der Waals surface area contributed by atoms with Crippen LogP contribution in [0.5, 0.6) is 0 Å². The molecule has 0 aliphatic heterocycles. The molecule has 34 heavy (non-hydrogen) atoms. The standard InChI is InChI=1S/C25H21FN4O3S/c1-17(24(32)27-20-14-12-19(26)13-15-20)33-22(31)16-34-25-29-28-23(18-8-4-2-5-9-18)30(25)21-10-6-3-7-11-21/h2-15,17H,16H2,1H3,(H,27,32). The number of carbonyl (C=O) groups excluding carboxylic acids is 2. The second-order valence-corrected chi connectivity index (χ2v) is 8.20. The van der Waals surface area contributed by atoms with Crippen LogP contribution in [0.15, 0.2) is 90.1 Å². The van der Waals surface area contributed by atoms with Gasteiger partial charge in [0.2, 0.25) is 0 Å². The third-order valence-electron chi connectivity index (χ3n) is 4.79. The van der Waals surface area contributed by atoms with Gasteiger partial charge in [-0.05, 0) is 43.3 Å². The molecule has 1 atom stereocenters. The molecule has 1 amide bonds. The molecule has 0 spiro atoms. The first-order valence-electron chi connectivity index (χ1n) is 10.5. The summed E-state index contributed by atoms with van der Waals surface area (Å²) in [4.78, 5) is 24.7. The molecule has 0 radical (unpaired) electrons. The number of nitrogens with zero attached hydrogens (tertiary/aromatic N) is 3. The average Bonchev–Trinajstić information content (AvgIpc) is 3.29. The van der Waals surface area contributed by atoms with Crippen molar-refractivity contribution >= 4 is 29.3 Å². The van der Waals surface area contributed by atoms with Gasteiger partial charge in [-0.3, -0.25) is 14.2 Å². The van der Waals surface area contributed by atoms with E-state index in [2.05, 4.69) is 15.5 Å². The molecule has 4 rings (SSSR count). The molecule has 1 aromatic heterocycles. The summed E-state index contributed by atoms with van der Waals surface area (Å²) < 4.78 is 20.2. The highest BCUT2D eigenvalue weighted by Crippen LogP contribution is 2.28. The van der Waals surface area contributed by atoms with Gasteiger partial charge in [0.1, 0.15) is 5.82 Å². The van der Waals surface area contributed by atoms with Crippen molar-refractivity contribution in [3.63, 3.8) is 0 Å². The molecule has 0 fully saturated rings. The van der Waals surface area contributed by atoms with E-state index in [0.29, 0.717) is 16.7 Å². The van der Waals surface area contributed by atoms with Crippen LogP contribution in [-0.2, 0) is 14.3 Å². The second-order valence-electron chi connectivity index (χ2n) is 7.26. The molecule has 7 nitrogen and oxygen atoms in total. The molecule has 172 valence electrons. The lowest BCUT2D eigenvalue weighted by atomic mass is 10.2. The van der Waals surface area contributed by atoms with E-state index < -0.39 is 23.8 Å². The molecule has 3 aromatic carbocycles. The normalized spacial score (nSPS) is 11.6. The molecule has 1 unspecified atom stereocenters. The number of rotatable bonds is 8. The third-order valence-corrected chi connectivity index (χ3v) is 5.69. The summed E-state index contributed by atoms with van der Waals surface area (Å²) in [5.41, 5.74) is 2.15. The van der Waals surface area contributed by atoms with Gasteiger partial charge in [-0.1, -0.05) is 60.3 Å². The second kappa shape index (κ2) is 10.8. The highest BCUT2D eigenvalue weighted by atomic mass is 32.2. The Bertz CT molecular complexity index is 1260. The first-order valence-corrected chi connectivity index (χ1v) is 11.4. The third kappa shape index (κ3) is 5.68. The Morgan fingerprint density at radius 1 is 0.971 bits per heavy atom. The minimum Gasteiger partial charge on any atom is -0.452 e. The number of thioether (sulfide) groups is 1. The number of hydrogen-bond donors (Lipinski definition) is 1. The Kier molecular flexibility index (Phi) is 7.34. The summed E-state index contributed by atoms with van der Waals surface area (Å²) in [7, 11) is 0. The van der Waals surface area contributed by atoms with Gasteiger partial charge in [-0.15, -0.1) is 10.2 Å². The van der Waals surface area contributed by atoms with E-state index in [0.717, 1.165) is 11.3 Å². The number of nitrogens with one attached hydrogen (secondary N) is 1. The maximum atomic E-state index is 13.0. The Labute approximate surface area is 200 Å². The number of amides is 1. The summed E-state index contributed by atoms with van der Waals surface area (Å²) in [6, 6.07) is 24.6. The molecular weight excluding hydrogens is 455 g/mol. The number of halogens is 1. The van der Waals surface area contributed by atoms with Crippen LogP contribution in [0.4, 0.5) is 10.1 Å². The van der Waals surface area contributed by atoms with Crippen LogP contribution in [0, 0.1) is 5.82 Å². The van der Waals surface area contributed by atoms with Gasteiger partial charge in [-0.2, -0.15) is 0 Å². The minimum absolute atomic E-state index is 0.0616. The number of esters is 1. The lowest BCUT2D eigenvalue weighted by Crippen LogP contribution is -2.30. The Hall–Kier alpha value is -3.98. The molecule has 1 N–H and O–H groups in total. The lowest BCUT2D eigenvalue weighted by Gasteiger charge is -2.14. The fourth-order valence-electron chi connectivity index (χ4n) is 3.13. The highest BCUT2D eigenvalue weighted by molar-refractivity contribution is 7.99. The molecule has 0 aliphatic rings. The molecular formula is C25H21FN4O3S. The van der Waals surface area contributed by atoms with Gasteiger partial charge in [0.15, 0.2) is 17.1 Å². The van der Waals surface area contributed by atoms with Gasteiger partial charge in [0.05, 0.1) is 5.75 Å². The zero-order chi connectivity index (χ0) is 23.9. The van der Waals surface area contributed by atoms with Crippen molar-refractivity contribution in [1.29, 1.82) is 0 Å². The van der Waals surface area contributed by atoms with E-state index in [1.54, 1.807) is 0 Å². The van der Waals surface area contributed by atoms with Crippen LogP contribution in [0.3, 0.4) is 0 Å². The number of para-hydroxylation sites is 1. The summed E-state index contributed by atoms with van der Waals surface area (Å²) in [5, 5.41) is 11.7. The predicted molar refractivity (Wildman–Crippen MR) is 128 cm³/mol. The van der Waals surface area contributed by atoms with Crippen molar-refractivity contribution in [1.82, 2.24) is 14.8 Å². The van der Waals surface area contributed by atoms with Crippen molar-refractivity contribution in [2.24, 2.45) is 0 Å². The van der Waals surface area contributed by atoms with Crippen LogP contribution in [0.2, 0.25) is 0 Å². The Balaban J connectivity index is 1.43. The lowest BCUT2D eigenvalue weighted by molar-refractivity contribution is -0.150. The molecule has 4 aromatic rings. The molecule has 1 heterocycles. The zero-order valence-corrected chi connectivity index (χ0v) is 19.0. The smallest absolute Gasteiger partial charge is 0.317 e. The van der Waals surface area contributed by atoms with Crippen LogP contribution >= 0.6 is 11.8 Å². The fraction of sp³-hybridized carbons (Fsp3) is 0.120. The Morgan fingerprint density at radius 3 is 2.29 bits per heavy atom. The number of anilines is 1. The number of carbonyl (C=O) groups is 2. The van der Waals surface area contributed by atoms with Gasteiger partial charge in [0.25, 0.3) is 5.91 Å². The fourth-order valence-corrected chi connectivity index (χ4v) is 3.87. The number of ether oxygens (including phenoxy) is 1. The van der Waals surface area contributed by atoms with Crippen molar-refractivity contribution in [3.05, 3.63) is 90.7 Å². The van der Waals surface area contributed by atoms with Crippen molar-refractivity contribution in [3.8, 4) is 17.1 Å². The first kappa shape index (κ1) is 23.2. The molecule has 9 heteroatoms. The van der Waals surface area contributed by atoms with Gasteiger partial charge >= 0.3 is 5.97 Å². The summed E-state index contributed by atoms with van der Waals surface area (Å²) in [6.45, 7) is 1.47. The van der Waals surface area contributed by atoms with Gasteiger partial charge < -0.3 is 10.1 Å². The van der Waals surface area contributed by atoms with Crippen LogP contribution < -0.4 is 5.32 Å². The average molecular weight is 477 g/mol. The first-order chi connectivity index (χ1) is 16.5. The van der Waals surface area contributed by atoms with E-state index >= 15 is 0 Å². The quantitative estimate of drug-likeness (QED) is 0.292. The van der Waals surface area contributed by atoms with Crippen LogP contribution in [0.25, 0.3) is 17.1 Å². The molecule has 0 saturated heterocycles.